The Morgan fingerprint density at radius 1 is 1.05 bits per heavy atom. The van der Waals surface area contributed by atoms with Crippen LogP contribution in [0.5, 0.6) is 0 Å². The van der Waals surface area contributed by atoms with Gasteiger partial charge < -0.3 is 16.2 Å². The smallest absolute Gasteiger partial charge is 0.326 e. The SMILES string of the molecule is NC(=O)C[C@@H](NC(=O)C1C2CC3CC(C2)CC1C3)C(=O)O. The van der Waals surface area contributed by atoms with Crippen molar-refractivity contribution in [2.75, 3.05) is 0 Å². The molecule has 0 aromatic rings. The van der Waals surface area contributed by atoms with Crippen LogP contribution in [0.15, 0.2) is 0 Å². The highest BCUT2D eigenvalue weighted by Crippen LogP contribution is 2.56. The fourth-order valence-electron chi connectivity index (χ4n) is 5.02. The molecule has 0 spiro atoms. The topological polar surface area (TPSA) is 109 Å². The third-order valence-electron chi connectivity index (χ3n) is 5.55. The molecule has 0 aliphatic heterocycles. The first kappa shape index (κ1) is 14.4. The second-order valence-electron chi connectivity index (χ2n) is 7.03. The first-order valence-corrected chi connectivity index (χ1v) is 7.75. The number of amides is 2. The molecule has 2 amide bonds. The molecule has 0 aromatic carbocycles. The molecular formula is C15H22N2O4. The van der Waals surface area contributed by atoms with Crippen molar-refractivity contribution in [3.63, 3.8) is 0 Å². The number of carboxylic acid groups (broad SMARTS) is 1. The number of hydrogen-bond acceptors (Lipinski definition) is 3. The van der Waals surface area contributed by atoms with E-state index in [9.17, 15) is 14.4 Å². The summed E-state index contributed by atoms with van der Waals surface area (Å²) in [5, 5.41) is 11.6. The van der Waals surface area contributed by atoms with E-state index in [-0.39, 0.29) is 18.2 Å². The lowest BCUT2D eigenvalue weighted by atomic mass is 9.51. The highest BCUT2D eigenvalue weighted by molar-refractivity contribution is 5.89. The number of hydrogen-bond donors (Lipinski definition) is 3. The van der Waals surface area contributed by atoms with Crippen molar-refractivity contribution >= 4 is 17.8 Å². The van der Waals surface area contributed by atoms with E-state index in [1.54, 1.807) is 0 Å². The molecule has 0 saturated heterocycles. The Kier molecular flexibility index (Phi) is 3.63. The molecule has 4 rings (SSSR count). The Morgan fingerprint density at radius 2 is 1.57 bits per heavy atom. The maximum atomic E-state index is 12.5. The number of rotatable bonds is 5. The van der Waals surface area contributed by atoms with Crippen molar-refractivity contribution in [1.29, 1.82) is 0 Å². The van der Waals surface area contributed by atoms with E-state index in [4.69, 9.17) is 10.8 Å². The van der Waals surface area contributed by atoms with Crippen LogP contribution in [-0.4, -0.2) is 28.9 Å². The summed E-state index contributed by atoms with van der Waals surface area (Å²) in [6, 6.07) is -1.20. The maximum absolute atomic E-state index is 12.5. The predicted molar refractivity (Wildman–Crippen MR) is 73.9 cm³/mol. The summed E-state index contributed by atoms with van der Waals surface area (Å²) in [5.74, 6) is 0.118. The minimum Gasteiger partial charge on any atom is -0.480 e. The average Bonchev–Trinajstić information content (AvgIpc) is 2.35. The van der Waals surface area contributed by atoms with E-state index in [2.05, 4.69) is 5.32 Å². The first-order valence-electron chi connectivity index (χ1n) is 7.75. The molecule has 6 heteroatoms. The summed E-state index contributed by atoms with van der Waals surface area (Å²) in [5.41, 5.74) is 5.05. The molecule has 21 heavy (non-hydrogen) atoms. The van der Waals surface area contributed by atoms with Gasteiger partial charge in [0.2, 0.25) is 11.8 Å². The second-order valence-corrected chi connectivity index (χ2v) is 7.03. The second kappa shape index (κ2) is 5.31. The van der Waals surface area contributed by atoms with E-state index in [1.807, 2.05) is 0 Å². The highest BCUT2D eigenvalue weighted by atomic mass is 16.4. The van der Waals surface area contributed by atoms with Crippen molar-refractivity contribution < 1.29 is 19.5 Å². The van der Waals surface area contributed by atoms with Gasteiger partial charge in [0.1, 0.15) is 6.04 Å². The van der Waals surface area contributed by atoms with Crippen molar-refractivity contribution in [2.24, 2.45) is 35.3 Å². The Balaban J connectivity index is 1.67. The van der Waals surface area contributed by atoms with Gasteiger partial charge in [0, 0.05) is 5.92 Å². The van der Waals surface area contributed by atoms with Gasteiger partial charge in [-0.05, 0) is 55.8 Å². The molecule has 0 unspecified atom stereocenters. The summed E-state index contributed by atoms with van der Waals surface area (Å²) in [6.45, 7) is 0. The third-order valence-corrected chi connectivity index (χ3v) is 5.55. The molecule has 4 aliphatic rings. The zero-order valence-corrected chi connectivity index (χ0v) is 12.0. The van der Waals surface area contributed by atoms with Gasteiger partial charge in [0.15, 0.2) is 0 Å². The van der Waals surface area contributed by atoms with E-state index in [1.165, 1.54) is 6.42 Å². The standard InChI is InChI=1S/C15H22N2O4/c16-12(18)6-11(15(20)21)17-14(19)13-9-2-7-1-8(4-9)5-10(13)3-7/h7-11,13H,1-6H2,(H2,16,18)(H,17,19)(H,20,21)/t7?,8?,9?,10?,11-,13?/m1/s1. The van der Waals surface area contributed by atoms with Crippen LogP contribution >= 0.6 is 0 Å². The van der Waals surface area contributed by atoms with Crippen LogP contribution in [0.3, 0.4) is 0 Å². The predicted octanol–water partition coefficient (Wildman–Crippen LogP) is 0.503. The average molecular weight is 294 g/mol. The Hall–Kier alpha value is -1.59. The molecule has 4 aliphatic carbocycles. The number of carboxylic acids is 1. The molecule has 0 radical (unpaired) electrons. The highest BCUT2D eigenvalue weighted by Gasteiger charge is 2.51. The van der Waals surface area contributed by atoms with Gasteiger partial charge in [-0.3, -0.25) is 9.59 Å². The molecule has 4 bridgehead atoms. The van der Waals surface area contributed by atoms with Gasteiger partial charge in [0.05, 0.1) is 6.42 Å². The summed E-state index contributed by atoms with van der Waals surface area (Å²) in [4.78, 5) is 34.6. The minimum atomic E-state index is -1.20. The van der Waals surface area contributed by atoms with Crippen LogP contribution < -0.4 is 11.1 Å². The normalized spacial score (nSPS) is 38.0. The summed E-state index contributed by atoms with van der Waals surface area (Å²) < 4.78 is 0. The number of nitrogens with one attached hydrogen (secondary N) is 1. The molecule has 4 saturated carbocycles. The molecule has 0 heterocycles. The van der Waals surface area contributed by atoms with Crippen molar-refractivity contribution in [1.82, 2.24) is 5.32 Å². The van der Waals surface area contributed by atoms with Gasteiger partial charge in [-0.15, -0.1) is 0 Å². The molecule has 1 atom stereocenters. The third kappa shape index (κ3) is 2.76. The summed E-state index contributed by atoms with van der Waals surface area (Å²) in [7, 11) is 0. The van der Waals surface area contributed by atoms with Gasteiger partial charge in [-0.2, -0.15) is 0 Å². The quantitative estimate of drug-likeness (QED) is 0.686. The van der Waals surface area contributed by atoms with Crippen molar-refractivity contribution in [3.05, 3.63) is 0 Å². The Bertz CT molecular complexity index is 448. The Morgan fingerprint density at radius 3 is 2.00 bits per heavy atom. The van der Waals surface area contributed by atoms with Crippen LogP contribution in [-0.2, 0) is 14.4 Å². The lowest BCUT2D eigenvalue weighted by molar-refractivity contribution is -0.147. The lowest BCUT2D eigenvalue weighted by Crippen LogP contribution is -2.54. The monoisotopic (exact) mass is 294 g/mol. The van der Waals surface area contributed by atoms with Gasteiger partial charge in [-0.25, -0.2) is 4.79 Å². The van der Waals surface area contributed by atoms with Crippen LogP contribution in [0.1, 0.15) is 38.5 Å². The van der Waals surface area contributed by atoms with Crippen LogP contribution in [0.2, 0.25) is 0 Å². The number of primary amides is 1. The fourth-order valence-corrected chi connectivity index (χ4v) is 5.02. The molecule has 4 fully saturated rings. The fraction of sp³-hybridized carbons (Fsp3) is 0.800. The molecule has 6 nitrogen and oxygen atoms in total. The lowest BCUT2D eigenvalue weighted by Gasteiger charge is -2.53. The van der Waals surface area contributed by atoms with Crippen molar-refractivity contribution in [3.8, 4) is 0 Å². The first-order chi connectivity index (χ1) is 9.94. The van der Waals surface area contributed by atoms with Gasteiger partial charge >= 0.3 is 5.97 Å². The molecule has 4 N–H and O–H groups in total. The van der Waals surface area contributed by atoms with E-state index in [0.717, 1.165) is 37.5 Å². The zero-order valence-electron chi connectivity index (χ0n) is 12.0. The van der Waals surface area contributed by atoms with E-state index >= 15 is 0 Å². The molecule has 116 valence electrons. The van der Waals surface area contributed by atoms with E-state index < -0.39 is 17.9 Å². The van der Waals surface area contributed by atoms with E-state index in [0.29, 0.717) is 11.8 Å². The van der Waals surface area contributed by atoms with Crippen LogP contribution in [0, 0.1) is 29.6 Å². The number of aliphatic carboxylic acids is 1. The number of carbonyl (C=O) groups is 3. The largest absolute Gasteiger partial charge is 0.480 e. The zero-order chi connectivity index (χ0) is 15.1. The maximum Gasteiger partial charge on any atom is 0.326 e. The number of carbonyl (C=O) groups excluding carboxylic acids is 2. The molecule has 0 aromatic heterocycles. The van der Waals surface area contributed by atoms with Gasteiger partial charge in [-0.1, -0.05) is 0 Å². The van der Waals surface area contributed by atoms with Gasteiger partial charge in [0.25, 0.3) is 0 Å². The Labute approximate surface area is 123 Å². The summed E-state index contributed by atoms with van der Waals surface area (Å²) in [6.07, 6.45) is 5.34. The van der Waals surface area contributed by atoms with Crippen LogP contribution in [0.4, 0.5) is 0 Å². The van der Waals surface area contributed by atoms with Crippen molar-refractivity contribution in [2.45, 2.75) is 44.6 Å². The van der Waals surface area contributed by atoms with Crippen LogP contribution in [0.25, 0.3) is 0 Å². The minimum absolute atomic E-state index is 0.0764. The number of nitrogens with two attached hydrogens (primary N) is 1. The molecular weight excluding hydrogens is 272 g/mol. The summed E-state index contributed by atoms with van der Waals surface area (Å²) >= 11 is 0.